The number of H-pyrrole nitrogens is 1. The van der Waals surface area contributed by atoms with Crippen molar-refractivity contribution in [2.45, 2.75) is 33.1 Å². The Hall–Kier alpha value is -2.65. The molecule has 1 amide bonds. The Morgan fingerprint density at radius 2 is 1.96 bits per heavy atom. The molecule has 25 heavy (non-hydrogen) atoms. The van der Waals surface area contributed by atoms with Gasteiger partial charge in [0.2, 0.25) is 5.88 Å². The van der Waals surface area contributed by atoms with Gasteiger partial charge in [-0.2, -0.15) is 0 Å². The molecule has 0 saturated heterocycles. The molecule has 0 aliphatic carbocycles. The largest absolute Gasteiger partial charge is 0.493 e. The first-order valence-electron chi connectivity index (χ1n) is 7.63. The zero-order valence-corrected chi connectivity index (χ0v) is 13.8. The zero-order chi connectivity index (χ0) is 18.6. The number of hydrogen-bond acceptors (Lipinski definition) is 5. The fourth-order valence-electron chi connectivity index (χ4n) is 2.48. The molecule has 0 fully saturated rings. The van der Waals surface area contributed by atoms with E-state index < -0.39 is 23.5 Å². The van der Waals surface area contributed by atoms with E-state index in [9.17, 15) is 19.1 Å². The maximum Gasteiger partial charge on any atom is 0.329 e. The molecule has 0 aliphatic rings. The fourth-order valence-corrected chi connectivity index (χ4v) is 2.48. The van der Waals surface area contributed by atoms with Crippen LogP contribution in [0.3, 0.4) is 0 Å². The van der Waals surface area contributed by atoms with Crippen molar-refractivity contribution in [1.82, 2.24) is 15.0 Å². The lowest BCUT2D eigenvalue weighted by Crippen LogP contribution is -2.37. The minimum Gasteiger partial charge on any atom is -0.493 e. The minimum atomic E-state index is -1.08. The van der Waals surface area contributed by atoms with Crippen LogP contribution >= 0.6 is 0 Å². The van der Waals surface area contributed by atoms with Crippen LogP contribution in [0.15, 0.2) is 29.1 Å². The highest BCUT2D eigenvalue weighted by atomic mass is 19.1. The molecule has 4 N–H and O–H groups in total. The number of carbonyl (C=O) groups is 1. The minimum absolute atomic E-state index is 0.100. The van der Waals surface area contributed by atoms with Crippen molar-refractivity contribution in [2.75, 3.05) is 0 Å². The van der Waals surface area contributed by atoms with E-state index in [1.54, 1.807) is 26.0 Å². The Bertz CT molecular complexity index is 782. The maximum atomic E-state index is 12.8. The summed E-state index contributed by atoms with van der Waals surface area (Å²) in [4.78, 5) is 26.3. The summed E-state index contributed by atoms with van der Waals surface area (Å²) in [6.07, 6.45) is 0. The van der Waals surface area contributed by atoms with Gasteiger partial charge in [-0.25, -0.2) is 19.2 Å². The summed E-state index contributed by atoms with van der Waals surface area (Å²) in [6, 6.07) is 4.64. The fraction of sp³-hybridized carbons (Fsp3) is 0.375. The van der Waals surface area contributed by atoms with Crippen molar-refractivity contribution in [3.05, 3.63) is 51.8 Å². The normalized spacial score (nSPS) is 12.4. The summed E-state index contributed by atoms with van der Waals surface area (Å²) >= 11 is 0. The van der Waals surface area contributed by atoms with Crippen molar-refractivity contribution in [2.24, 2.45) is 5.92 Å². The number of carbonyl (C=O) groups excluding carboxylic acids is 1. The average Bonchev–Trinajstić information content (AvgIpc) is 2.84. The lowest BCUT2D eigenvalue weighted by Gasteiger charge is -2.19. The molecule has 0 aliphatic heterocycles. The van der Waals surface area contributed by atoms with Gasteiger partial charge < -0.3 is 14.8 Å². The Kier molecular flexibility index (Phi) is 5.94. The van der Waals surface area contributed by atoms with Crippen LogP contribution in [0, 0.1) is 11.7 Å². The number of aromatic hydroxyl groups is 1. The highest BCUT2D eigenvalue weighted by molar-refractivity contribution is 5.79. The second-order valence-electron chi connectivity index (χ2n) is 5.89. The van der Waals surface area contributed by atoms with Gasteiger partial charge in [-0.3, -0.25) is 10.0 Å². The lowest BCUT2D eigenvalue weighted by atomic mass is 10.0. The number of rotatable bonds is 7. The predicted octanol–water partition coefficient (Wildman–Crippen LogP) is 1.44. The van der Waals surface area contributed by atoms with Gasteiger partial charge >= 0.3 is 5.69 Å². The van der Waals surface area contributed by atoms with Gasteiger partial charge in [0, 0.05) is 0 Å². The molecule has 2 rings (SSSR count). The Morgan fingerprint density at radius 1 is 1.32 bits per heavy atom. The summed E-state index contributed by atoms with van der Waals surface area (Å²) < 4.78 is 19.1. The maximum absolute atomic E-state index is 12.8. The number of aromatic amines is 1. The third-order valence-electron chi connectivity index (χ3n) is 3.69. The first kappa shape index (κ1) is 18.7. The number of imidazole rings is 1. The van der Waals surface area contributed by atoms with Crippen LogP contribution in [0.4, 0.5) is 4.39 Å². The Labute approximate surface area is 142 Å². The molecule has 8 nitrogen and oxygen atoms in total. The van der Waals surface area contributed by atoms with Crippen LogP contribution < -0.4 is 11.2 Å². The van der Waals surface area contributed by atoms with Crippen molar-refractivity contribution in [1.29, 1.82) is 0 Å². The summed E-state index contributed by atoms with van der Waals surface area (Å²) in [5.41, 5.74) is 1.62. The number of ether oxygens (including phenoxy) is 1. The number of hydroxylamine groups is 1. The standard InChI is InChI=1S/C16H20FN3O5/c1-9(2)13(14(21)19-24)20-15(22)12(18-16(20)23)8-25-7-10-3-5-11(17)6-4-10/h3-6,9,13,22,24H,7-8H2,1-2H3,(H,18,23)(H,19,21)/t13-/m1/s1. The third-order valence-corrected chi connectivity index (χ3v) is 3.69. The molecule has 0 unspecified atom stereocenters. The number of nitrogens with one attached hydrogen (secondary N) is 2. The molecule has 1 aromatic carbocycles. The number of aromatic nitrogens is 2. The van der Waals surface area contributed by atoms with Gasteiger partial charge in [-0.1, -0.05) is 26.0 Å². The van der Waals surface area contributed by atoms with E-state index in [0.29, 0.717) is 0 Å². The van der Waals surface area contributed by atoms with Crippen molar-refractivity contribution in [3.8, 4) is 5.88 Å². The highest BCUT2D eigenvalue weighted by Gasteiger charge is 2.29. The molecule has 1 aromatic heterocycles. The van der Waals surface area contributed by atoms with E-state index in [0.717, 1.165) is 10.1 Å². The summed E-state index contributed by atoms with van der Waals surface area (Å²) in [5, 5.41) is 19.1. The zero-order valence-electron chi connectivity index (χ0n) is 13.8. The van der Waals surface area contributed by atoms with E-state index in [4.69, 9.17) is 9.94 Å². The van der Waals surface area contributed by atoms with E-state index in [1.807, 2.05) is 0 Å². The van der Waals surface area contributed by atoms with E-state index in [-0.39, 0.29) is 30.6 Å². The van der Waals surface area contributed by atoms with Gasteiger partial charge in [0.05, 0.1) is 13.2 Å². The molecule has 2 aromatic rings. The summed E-state index contributed by atoms with van der Waals surface area (Å²) in [5.74, 6) is -1.97. The first-order valence-corrected chi connectivity index (χ1v) is 7.63. The average molecular weight is 353 g/mol. The second-order valence-corrected chi connectivity index (χ2v) is 5.89. The molecule has 9 heteroatoms. The Morgan fingerprint density at radius 3 is 2.52 bits per heavy atom. The third kappa shape index (κ3) is 4.25. The van der Waals surface area contributed by atoms with Crippen LogP contribution in [0.5, 0.6) is 5.88 Å². The van der Waals surface area contributed by atoms with Crippen LogP contribution in [0.25, 0.3) is 0 Å². The topological polar surface area (TPSA) is 117 Å². The molecule has 1 heterocycles. The first-order chi connectivity index (χ1) is 11.8. The molecular formula is C16H20FN3O5. The van der Waals surface area contributed by atoms with Crippen molar-refractivity contribution < 1.29 is 24.2 Å². The van der Waals surface area contributed by atoms with Gasteiger partial charge in [0.25, 0.3) is 5.91 Å². The lowest BCUT2D eigenvalue weighted by molar-refractivity contribution is -0.134. The van der Waals surface area contributed by atoms with Gasteiger partial charge in [0.15, 0.2) is 0 Å². The smallest absolute Gasteiger partial charge is 0.329 e. The quantitative estimate of drug-likeness (QED) is 0.444. The van der Waals surface area contributed by atoms with Crippen LogP contribution in [0.2, 0.25) is 0 Å². The molecule has 0 saturated carbocycles. The predicted molar refractivity (Wildman–Crippen MR) is 85.4 cm³/mol. The number of nitrogens with zero attached hydrogens (tertiary/aromatic N) is 1. The SMILES string of the molecule is CC(C)[C@H](C(=O)NO)n1c(O)c(COCc2ccc(F)cc2)[nH]c1=O. The van der Waals surface area contributed by atoms with Crippen molar-refractivity contribution in [3.63, 3.8) is 0 Å². The number of amides is 1. The van der Waals surface area contributed by atoms with E-state index >= 15 is 0 Å². The van der Waals surface area contributed by atoms with Crippen LogP contribution in [-0.4, -0.2) is 25.8 Å². The molecule has 0 radical (unpaired) electrons. The van der Waals surface area contributed by atoms with Gasteiger partial charge in [-0.15, -0.1) is 0 Å². The van der Waals surface area contributed by atoms with Gasteiger partial charge in [0.1, 0.15) is 17.6 Å². The van der Waals surface area contributed by atoms with E-state index in [2.05, 4.69) is 4.98 Å². The number of halogens is 1. The number of hydrogen-bond donors (Lipinski definition) is 4. The molecule has 0 bridgehead atoms. The van der Waals surface area contributed by atoms with Crippen LogP contribution in [-0.2, 0) is 22.7 Å². The summed E-state index contributed by atoms with van der Waals surface area (Å²) in [6.45, 7) is 3.38. The van der Waals surface area contributed by atoms with Crippen LogP contribution in [0.1, 0.15) is 31.1 Å². The molecule has 136 valence electrons. The monoisotopic (exact) mass is 353 g/mol. The summed E-state index contributed by atoms with van der Waals surface area (Å²) in [7, 11) is 0. The van der Waals surface area contributed by atoms with Gasteiger partial charge in [-0.05, 0) is 23.6 Å². The molecule has 1 atom stereocenters. The molecule has 0 spiro atoms. The molecular weight excluding hydrogens is 333 g/mol. The highest BCUT2D eigenvalue weighted by Crippen LogP contribution is 2.24. The second kappa shape index (κ2) is 7.95. The van der Waals surface area contributed by atoms with E-state index in [1.165, 1.54) is 17.6 Å². The van der Waals surface area contributed by atoms with Crippen molar-refractivity contribution >= 4 is 5.91 Å². The Balaban J connectivity index is 2.14. The number of benzene rings is 1.